The van der Waals surface area contributed by atoms with E-state index in [0.717, 1.165) is 24.4 Å². The summed E-state index contributed by atoms with van der Waals surface area (Å²) in [6.07, 6.45) is 11.7. The number of methoxy groups -OCH3 is 2. The van der Waals surface area contributed by atoms with Crippen molar-refractivity contribution in [2.24, 2.45) is 23.7 Å². The molecular weight excluding hydrogens is 274 g/mol. The first kappa shape index (κ1) is 16.7. The number of fused-ring (bicyclic) bond motifs is 1. The quantitative estimate of drug-likeness (QED) is 0.841. The van der Waals surface area contributed by atoms with Crippen molar-refractivity contribution in [2.75, 3.05) is 20.8 Å². The Balaban J connectivity index is 1.52. The van der Waals surface area contributed by atoms with Gasteiger partial charge in [-0.3, -0.25) is 0 Å². The highest BCUT2D eigenvalue weighted by Gasteiger charge is 2.38. The zero-order chi connectivity index (χ0) is 15.5. The smallest absolute Gasteiger partial charge is 0.0639 e. The van der Waals surface area contributed by atoms with Crippen LogP contribution in [0.4, 0.5) is 0 Å². The van der Waals surface area contributed by atoms with Gasteiger partial charge >= 0.3 is 0 Å². The molecule has 0 aromatic carbocycles. The summed E-state index contributed by atoms with van der Waals surface area (Å²) < 4.78 is 11.6. The van der Waals surface area contributed by atoms with Crippen molar-refractivity contribution in [3.8, 4) is 0 Å². The average molecular weight is 309 g/mol. The van der Waals surface area contributed by atoms with E-state index >= 15 is 0 Å². The van der Waals surface area contributed by atoms with Gasteiger partial charge in [-0.1, -0.05) is 26.2 Å². The van der Waals surface area contributed by atoms with Gasteiger partial charge in [-0.2, -0.15) is 0 Å². The van der Waals surface area contributed by atoms with E-state index in [9.17, 15) is 0 Å². The van der Waals surface area contributed by atoms with Crippen LogP contribution in [0.3, 0.4) is 0 Å². The largest absolute Gasteiger partial charge is 0.381 e. The molecule has 1 N–H and O–H groups in total. The lowest BCUT2D eigenvalue weighted by molar-refractivity contribution is -0.0781. The van der Waals surface area contributed by atoms with Crippen molar-refractivity contribution >= 4 is 0 Å². The van der Waals surface area contributed by atoms with Gasteiger partial charge in [-0.15, -0.1) is 0 Å². The van der Waals surface area contributed by atoms with Gasteiger partial charge < -0.3 is 14.8 Å². The molecule has 0 aliphatic heterocycles. The Morgan fingerprint density at radius 3 is 2.23 bits per heavy atom. The standard InChI is InChI=1S/C19H35NO2/c1-13-9-18(21-2)17(19(10-13)22-3)12-20-16-8-7-14-5-4-6-15(14)11-16/h13-20H,4-12H2,1-3H3. The fourth-order valence-electron chi connectivity index (χ4n) is 5.47. The molecule has 3 heteroatoms. The van der Waals surface area contributed by atoms with Crippen LogP contribution in [-0.2, 0) is 9.47 Å². The normalized spacial score (nSPS) is 45.7. The second-order valence-corrected chi connectivity index (χ2v) is 8.16. The molecule has 22 heavy (non-hydrogen) atoms. The van der Waals surface area contributed by atoms with E-state index in [1.54, 1.807) is 0 Å². The Hall–Kier alpha value is -0.120. The second-order valence-electron chi connectivity index (χ2n) is 8.16. The maximum atomic E-state index is 5.80. The van der Waals surface area contributed by atoms with Crippen molar-refractivity contribution < 1.29 is 9.47 Å². The minimum Gasteiger partial charge on any atom is -0.381 e. The summed E-state index contributed by atoms with van der Waals surface area (Å²) in [6.45, 7) is 3.38. The third-order valence-electron chi connectivity index (χ3n) is 6.76. The van der Waals surface area contributed by atoms with Gasteiger partial charge in [0, 0.05) is 32.7 Å². The van der Waals surface area contributed by atoms with Crippen molar-refractivity contribution in [3.63, 3.8) is 0 Å². The first-order valence-corrected chi connectivity index (χ1v) is 9.50. The lowest BCUT2D eigenvalue weighted by Crippen LogP contribution is -2.49. The van der Waals surface area contributed by atoms with Gasteiger partial charge in [0.05, 0.1) is 12.2 Å². The Morgan fingerprint density at radius 2 is 1.55 bits per heavy atom. The van der Waals surface area contributed by atoms with Crippen LogP contribution in [0.25, 0.3) is 0 Å². The maximum absolute atomic E-state index is 5.80. The summed E-state index contributed by atoms with van der Waals surface area (Å²) in [7, 11) is 3.73. The van der Waals surface area contributed by atoms with E-state index in [1.165, 1.54) is 51.4 Å². The molecule has 0 bridgehead atoms. The summed E-state index contributed by atoms with van der Waals surface area (Å²) in [4.78, 5) is 0. The third kappa shape index (κ3) is 3.68. The highest BCUT2D eigenvalue weighted by molar-refractivity contribution is 4.91. The molecular formula is C19H35NO2. The highest BCUT2D eigenvalue weighted by Crippen LogP contribution is 2.42. The van der Waals surface area contributed by atoms with Crippen LogP contribution in [0.15, 0.2) is 0 Å². The molecule has 3 aliphatic rings. The first-order valence-electron chi connectivity index (χ1n) is 9.50. The molecule has 3 rings (SSSR count). The van der Waals surface area contributed by atoms with Crippen LogP contribution in [0.5, 0.6) is 0 Å². The monoisotopic (exact) mass is 309 g/mol. The lowest BCUT2D eigenvalue weighted by atomic mass is 9.77. The van der Waals surface area contributed by atoms with Crippen molar-refractivity contribution in [2.45, 2.75) is 76.5 Å². The molecule has 0 radical (unpaired) electrons. The van der Waals surface area contributed by atoms with Gasteiger partial charge in [-0.25, -0.2) is 0 Å². The molecule has 0 amide bonds. The highest BCUT2D eigenvalue weighted by atomic mass is 16.5. The van der Waals surface area contributed by atoms with Gasteiger partial charge in [0.2, 0.25) is 0 Å². The number of rotatable bonds is 5. The topological polar surface area (TPSA) is 30.5 Å². The number of nitrogens with one attached hydrogen (secondary N) is 1. The predicted octanol–water partition coefficient (Wildman–Crippen LogP) is 3.62. The minimum absolute atomic E-state index is 0.351. The molecule has 0 aromatic rings. The first-order chi connectivity index (χ1) is 10.7. The summed E-state index contributed by atoms with van der Waals surface area (Å²) in [6, 6.07) is 0.730. The Morgan fingerprint density at radius 1 is 0.864 bits per heavy atom. The van der Waals surface area contributed by atoms with Gasteiger partial charge in [0.25, 0.3) is 0 Å². The summed E-state index contributed by atoms with van der Waals surface area (Å²) in [5.74, 6) is 3.27. The Kier molecular flexibility index (Phi) is 5.80. The maximum Gasteiger partial charge on any atom is 0.0639 e. The zero-order valence-corrected chi connectivity index (χ0v) is 14.7. The second kappa shape index (κ2) is 7.63. The van der Waals surface area contributed by atoms with Crippen LogP contribution in [0, 0.1) is 23.7 Å². The number of hydrogen-bond donors (Lipinski definition) is 1. The molecule has 3 aliphatic carbocycles. The fraction of sp³-hybridized carbons (Fsp3) is 1.00. The predicted molar refractivity (Wildman–Crippen MR) is 90.0 cm³/mol. The van der Waals surface area contributed by atoms with Crippen LogP contribution in [-0.4, -0.2) is 39.0 Å². The molecule has 3 nitrogen and oxygen atoms in total. The molecule has 5 atom stereocenters. The van der Waals surface area contributed by atoms with E-state index in [-0.39, 0.29) is 0 Å². The van der Waals surface area contributed by atoms with Crippen LogP contribution in [0.1, 0.15) is 58.3 Å². The SMILES string of the molecule is COC1CC(C)CC(OC)C1CNC1CCC2CCCC2C1. The Bertz CT molecular complexity index is 334. The third-order valence-corrected chi connectivity index (χ3v) is 6.76. The van der Waals surface area contributed by atoms with E-state index < -0.39 is 0 Å². The molecule has 0 heterocycles. The number of ether oxygens (including phenoxy) is 2. The molecule has 3 saturated carbocycles. The van der Waals surface area contributed by atoms with Crippen molar-refractivity contribution in [1.29, 1.82) is 0 Å². The minimum atomic E-state index is 0.351. The van der Waals surface area contributed by atoms with E-state index in [2.05, 4.69) is 12.2 Å². The molecule has 0 saturated heterocycles. The van der Waals surface area contributed by atoms with Gasteiger partial charge in [0.15, 0.2) is 0 Å². The van der Waals surface area contributed by atoms with Crippen LogP contribution in [0.2, 0.25) is 0 Å². The summed E-state index contributed by atoms with van der Waals surface area (Å²) in [5, 5.41) is 3.89. The zero-order valence-electron chi connectivity index (χ0n) is 14.7. The average Bonchev–Trinajstić information content (AvgIpc) is 3.00. The van der Waals surface area contributed by atoms with Crippen LogP contribution >= 0.6 is 0 Å². The summed E-state index contributed by atoms with van der Waals surface area (Å²) >= 11 is 0. The van der Waals surface area contributed by atoms with Crippen molar-refractivity contribution in [1.82, 2.24) is 5.32 Å². The van der Waals surface area contributed by atoms with Crippen LogP contribution < -0.4 is 5.32 Å². The molecule has 3 fully saturated rings. The molecule has 5 unspecified atom stereocenters. The number of hydrogen-bond acceptors (Lipinski definition) is 3. The van der Waals surface area contributed by atoms with Crippen molar-refractivity contribution in [3.05, 3.63) is 0 Å². The van der Waals surface area contributed by atoms with E-state index in [1.807, 2.05) is 14.2 Å². The molecule has 0 spiro atoms. The van der Waals surface area contributed by atoms with E-state index in [4.69, 9.17) is 9.47 Å². The summed E-state index contributed by atoms with van der Waals surface area (Å²) in [5.41, 5.74) is 0. The van der Waals surface area contributed by atoms with Gasteiger partial charge in [0.1, 0.15) is 0 Å². The Labute approximate surface area is 136 Å². The molecule has 0 aromatic heterocycles. The lowest BCUT2D eigenvalue weighted by Gasteiger charge is -2.41. The molecule has 128 valence electrons. The van der Waals surface area contributed by atoms with Gasteiger partial charge in [-0.05, 0) is 49.9 Å². The fourth-order valence-corrected chi connectivity index (χ4v) is 5.47. The van der Waals surface area contributed by atoms with E-state index in [0.29, 0.717) is 24.0 Å².